The van der Waals surface area contributed by atoms with E-state index in [1.165, 1.54) is 11.6 Å². The lowest BCUT2D eigenvalue weighted by molar-refractivity contribution is 0.0980. The van der Waals surface area contributed by atoms with Crippen molar-refractivity contribution in [1.82, 2.24) is 0 Å². The van der Waals surface area contributed by atoms with Crippen LogP contribution in [0.25, 0.3) is 0 Å². The molecule has 1 aliphatic heterocycles. The number of anilines is 2. The molecule has 1 saturated carbocycles. The highest BCUT2D eigenvalue weighted by molar-refractivity contribution is 9.10. The number of rotatable bonds is 6. The van der Waals surface area contributed by atoms with E-state index in [0.29, 0.717) is 23.2 Å². The van der Waals surface area contributed by atoms with Crippen molar-refractivity contribution >= 4 is 59.2 Å². The zero-order valence-electron chi connectivity index (χ0n) is 19.1. The molecule has 5 rings (SSSR count). The van der Waals surface area contributed by atoms with Gasteiger partial charge in [-0.05, 0) is 73.9 Å². The summed E-state index contributed by atoms with van der Waals surface area (Å²) in [5, 5.41) is 0. The van der Waals surface area contributed by atoms with Gasteiger partial charge in [0, 0.05) is 26.6 Å². The van der Waals surface area contributed by atoms with Crippen LogP contribution in [0.2, 0.25) is 0 Å². The number of benzene rings is 3. The average molecular weight is 620 g/mol. The number of hydrogen-bond acceptors (Lipinski definition) is 4. The molecule has 2 aliphatic rings. The summed E-state index contributed by atoms with van der Waals surface area (Å²) in [5.74, 6) is 0.0212. The molecule has 0 unspecified atom stereocenters. The maximum Gasteiger partial charge on any atom is 0.265 e. The maximum atomic E-state index is 13.8. The lowest BCUT2D eigenvalue weighted by atomic mass is 9.66. The van der Waals surface area contributed by atoms with E-state index < -0.39 is 10.0 Å². The molecule has 1 aliphatic carbocycles. The van der Waals surface area contributed by atoms with E-state index in [0.717, 1.165) is 29.4 Å². The summed E-state index contributed by atoms with van der Waals surface area (Å²) in [4.78, 5) is 15.6. The van der Waals surface area contributed by atoms with Crippen LogP contribution in [0.15, 0.2) is 74.5 Å². The van der Waals surface area contributed by atoms with E-state index >= 15 is 0 Å². The minimum Gasteiger partial charge on any atom is -0.492 e. The Labute approximate surface area is 222 Å². The molecule has 0 bridgehead atoms. The Morgan fingerprint density at radius 3 is 2.49 bits per heavy atom. The molecule has 1 amide bonds. The van der Waals surface area contributed by atoms with Crippen molar-refractivity contribution in [2.75, 3.05) is 22.8 Å². The van der Waals surface area contributed by atoms with Gasteiger partial charge in [0.15, 0.2) is 0 Å². The standard InChI is InChI=1S/C26H24Br2N2O4S/c1-2-34-23-11-9-18(28)15-24(23)35(32,33)29-21-7-4-3-6-19(21)25(31)30-16-26(12-5-13-26)20-14-17(27)8-10-22(20)30/h3-4,6-11,14-15,29H,2,5,12-13,16H2,1H3. The van der Waals surface area contributed by atoms with Crippen molar-refractivity contribution < 1.29 is 17.9 Å². The molecule has 35 heavy (non-hydrogen) atoms. The highest BCUT2D eigenvalue weighted by atomic mass is 79.9. The largest absolute Gasteiger partial charge is 0.492 e. The van der Waals surface area contributed by atoms with Gasteiger partial charge in [-0.3, -0.25) is 9.52 Å². The first-order valence-corrected chi connectivity index (χ1v) is 14.5. The topological polar surface area (TPSA) is 75.7 Å². The van der Waals surface area contributed by atoms with Crippen molar-refractivity contribution in [2.24, 2.45) is 0 Å². The number of amides is 1. The minimum absolute atomic E-state index is 0.000710. The fourth-order valence-electron chi connectivity index (χ4n) is 4.92. The number of halogens is 2. The highest BCUT2D eigenvalue weighted by Crippen LogP contribution is 2.53. The smallest absolute Gasteiger partial charge is 0.265 e. The predicted molar refractivity (Wildman–Crippen MR) is 144 cm³/mol. The average Bonchev–Trinajstić information content (AvgIpc) is 3.15. The minimum atomic E-state index is -4.03. The number of carbonyl (C=O) groups excluding carboxylic acids is 1. The third kappa shape index (κ3) is 4.38. The van der Waals surface area contributed by atoms with Gasteiger partial charge in [0.25, 0.3) is 15.9 Å². The monoisotopic (exact) mass is 618 g/mol. The molecular formula is C26H24Br2N2O4S. The molecule has 0 aromatic heterocycles. The second-order valence-electron chi connectivity index (χ2n) is 8.86. The third-order valence-electron chi connectivity index (χ3n) is 6.73. The van der Waals surface area contributed by atoms with Crippen LogP contribution >= 0.6 is 31.9 Å². The fourth-order valence-corrected chi connectivity index (χ4v) is 7.05. The molecule has 182 valence electrons. The van der Waals surface area contributed by atoms with E-state index in [9.17, 15) is 13.2 Å². The number of nitrogens with zero attached hydrogens (tertiary/aromatic N) is 1. The van der Waals surface area contributed by atoms with Crippen molar-refractivity contribution in [1.29, 1.82) is 0 Å². The maximum absolute atomic E-state index is 13.8. The Bertz CT molecular complexity index is 1420. The molecule has 9 heteroatoms. The number of hydrogen-bond donors (Lipinski definition) is 1. The van der Waals surface area contributed by atoms with E-state index in [1.807, 2.05) is 12.1 Å². The van der Waals surface area contributed by atoms with Gasteiger partial charge in [-0.2, -0.15) is 0 Å². The Balaban J connectivity index is 1.50. The van der Waals surface area contributed by atoms with Crippen LogP contribution in [-0.4, -0.2) is 27.5 Å². The van der Waals surface area contributed by atoms with Gasteiger partial charge in [-0.15, -0.1) is 0 Å². The van der Waals surface area contributed by atoms with Gasteiger partial charge >= 0.3 is 0 Å². The zero-order chi connectivity index (χ0) is 24.8. The lowest BCUT2D eigenvalue weighted by Gasteiger charge is -2.39. The normalized spacial score (nSPS) is 16.0. The summed E-state index contributed by atoms with van der Waals surface area (Å²) in [6.07, 6.45) is 3.22. The van der Waals surface area contributed by atoms with E-state index in [1.54, 1.807) is 48.2 Å². The summed E-state index contributed by atoms with van der Waals surface area (Å²) in [6, 6.07) is 17.6. The molecule has 1 N–H and O–H groups in total. The Kier molecular flexibility index (Phi) is 6.44. The Morgan fingerprint density at radius 1 is 1.06 bits per heavy atom. The number of ether oxygens (including phenoxy) is 1. The second kappa shape index (κ2) is 9.26. The Hall–Kier alpha value is -2.36. The molecule has 6 nitrogen and oxygen atoms in total. The highest BCUT2D eigenvalue weighted by Gasteiger charge is 2.48. The van der Waals surface area contributed by atoms with Crippen LogP contribution in [0.1, 0.15) is 42.1 Å². The van der Waals surface area contributed by atoms with Crippen molar-refractivity contribution in [3.05, 3.63) is 80.7 Å². The second-order valence-corrected chi connectivity index (χ2v) is 12.3. The van der Waals surface area contributed by atoms with Crippen LogP contribution in [0, 0.1) is 0 Å². The fraction of sp³-hybridized carbons (Fsp3) is 0.269. The quantitative estimate of drug-likeness (QED) is 0.342. The number of fused-ring (bicyclic) bond motifs is 2. The number of para-hydroxylation sites is 1. The van der Waals surface area contributed by atoms with E-state index in [2.05, 4.69) is 42.6 Å². The summed E-state index contributed by atoms with van der Waals surface area (Å²) in [5.41, 5.74) is 2.58. The molecule has 3 aromatic carbocycles. The zero-order valence-corrected chi connectivity index (χ0v) is 23.0. The van der Waals surface area contributed by atoms with Gasteiger partial charge in [-0.1, -0.05) is 50.4 Å². The van der Waals surface area contributed by atoms with Crippen LogP contribution in [0.4, 0.5) is 11.4 Å². The first-order valence-electron chi connectivity index (χ1n) is 11.4. The Morgan fingerprint density at radius 2 is 1.77 bits per heavy atom. The van der Waals surface area contributed by atoms with Crippen LogP contribution < -0.4 is 14.4 Å². The molecule has 0 saturated heterocycles. The van der Waals surface area contributed by atoms with Crippen LogP contribution in [0.5, 0.6) is 5.75 Å². The summed E-state index contributed by atoms with van der Waals surface area (Å²) >= 11 is 6.91. The van der Waals surface area contributed by atoms with Gasteiger partial charge < -0.3 is 9.64 Å². The van der Waals surface area contributed by atoms with Crippen LogP contribution in [-0.2, 0) is 15.4 Å². The third-order valence-corrected chi connectivity index (χ3v) is 9.11. The molecular weight excluding hydrogens is 596 g/mol. The van der Waals surface area contributed by atoms with Gasteiger partial charge in [-0.25, -0.2) is 8.42 Å². The van der Waals surface area contributed by atoms with Gasteiger partial charge in [0.2, 0.25) is 0 Å². The number of carbonyl (C=O) groups is 1. The number of nitrogens with one attached hydrogen (secondary N) is 1. The van der Waals surface area contributed by atoms with Crippen molar-refractivity contribution in [2.45, 2.75) is 36.5 Å². The number of sulfonamides is 1. The van der Waals surface area contributed by atoms with Crippen molar-refractivity contribution in [3.8, 4) is 5.75 Å². The SMILES string of the molecule is CCOc1ccc(Br)cc1S(=O)(=O)Nc1ccccc1C(=O)N1CC2(CCC2)c2cc(Br)ccc21. The predicted octanol–water partition coefficient (Wildman–Crippen LogP) is 6.49. The van der Waals surface area contributed by atoms with Crippen molar-refractivity contribution in [3.63, 3.8) is 0 Å². The van der Waals surface area contributed by atoms with E-state index in [4.69, 9.17) is 4.74 Å². The first-order chi connectivity index (χ1) is 16.7. The van der Waals surface area contributed by atoms with E-state index in [-0.39, 0.29) is 27.7 Å². The molecule has 1 fully saturated rings. The molecule has 1 heterocycles. The van der Waals surface area contributed by atoms with Crippen LogP contribution in [0.3, 0.4) is 0 Å². The molecule has 0 atom stereocenters. The molecule has 1 spiro atoms. The lowest BCUT2D eigenvalue weighted by Crippen LogP contribution is -2.41. The summed E-state index contributed by atoms with van der Waals surface area (Å²) < 4.78 is 36.6. The summed E-state index contributed by atoms with van der Waals surface area (Å²) in [7, 11) is -4.03. The first kappa shape index (κ1) is 24.3. The molecule has 0 radical (unpaired) electrons. The van der Waals surface area contributed by atoms with Gasteiger partial charge in [0.05, 0.1) is 17.9 Å². The van der Waals surface area contributed by atoms with Gasteiger partial charge in [0.1, 0.15) is 10.6 Å². The molecule has 3 aromatic rings. The summed E-state index contributed by atoms with van der Waals surface area (Å²) in [6.45, 7) is 2.71.